The van der Waals surface area contributed by atoms with Gasteiger partial charge in [-0.2, -0.15) is 4.98 Å². The van der Waals surface area contributed by atoms with Crippen LogP contribution in [0.4, 0.5) is 0 Å². The molecule has 0 amide bonds. The summed E-state index contributed by atoms with van der Waals surface area (Å²) in [6.45, 7) is 4.80. The predicted molar refractivity (Wildman–Crippen MR) is 108 cm³/mol. The van der Waals surface area contributed by atoms with E-state index in [4.69, 9.17) is 20.6 Å². The van der Waals surface area contributed by atoms with Crippen molar-refractivity contribution < 1.29 is 9.05 Å². The van der Waals surface area contributed by atoms with E-state index >= 15 is 0 Å². The molecule has 9 nitrogen and oxygen atoms in total. The Morgan fingerprint density at radius 2 is 1.93 bits per heavy atom. The monoisotopic (exact) mass is 415 g/mol. The normalized spacial score (nSPS) is 15.7. The van der Waals surface area contributed by atoms with Crippen LogP contribution < -0.4 is 5.32 Å². The van der Waals surface area contributed by atoms with E-state index < -0.39 is 0 Å². The Bertz CT molecular complexity index is 932. The van der Waals surface area contributed by atoms with Crippen LogP contribution >= 0.6 is 11.6 Å². The molecule has 152 valence electrons. The lowest BCUT2D eigenvalue weighted by atomic mass is 10.2. The van der Waals surface area contributed by atoms with E-state index in [2.05, 4.69) is 35.4 Å². The maximum Gasteiger partial charge on any atom is 0.246 e. The second-order valence-electron chi connectivity index (χ2n) is 6.67. The molecule has 29 heavy (non-hydrogen) atoms. The second kappa shape index (κ2) is 9.06. The summed E-state index contributed by atoms with van der Waals surface area (Å²) in [4.78, 5) is 13.4. The molecule has 0 radical (unpaired) electrons. The van der Waals surface area contributed by atoms with Crippen molar-refractivity contribution in [1.29, 1.82) is 0 Å². The summed E-state index contributed by atoms with van der Waals surface area (Å²) < 4.78 is 10.3. The van der Waals surface area contributed by atoms with Gasteiger partial charge in [-0.3, -0.25) is 9.89 Å². The highest BCUT2D eigenvalue weighted by Gasteiger charge is 2.20. The minimum atomic E-state index is 0.409. The zero-order valence-electron chi connectivity index (χ0n) is 16.1. The SMILES string of the molecule is CN=C(NCc1nc(-c2ccc(Cl)cc2)no1)N1CCN(Cc2ccon2)CC1. The van der Waals surface area contributed by atoms with Crippen LogP contribution in [0.25, 0.3) is 11.4 Å². The lowest BCUT2D eigenvalue weighted by Crippen LogP contribution is -2.52. The zero-order valence-corrected chi connectivity index (χ0v) is 16.8. The fourth-order valence-corrected chi connectivity index (χ4v) is 3.32. The molecule has 1 aliphatic rings. The molecule has 0 spiro atoms. The molecule has 0 aliphatic carbocycles. The van der Waals surface area contributed by atoms with Crippen molar-refractivity contribution in [2.75, 3.05) is 33.2 Å². The highest BCUT2D eigenvalue weighted by atomic mass is 35.5. The van der Waals surface area contributed by atoms with Gasteiger partial charge in [-0.25, -0.2) is 0 Å². The van der Waals surface area contributed by atoms with Crippen LogP contribution in [0.15, 0.2) is 50.6 Å². The minimum absolute atomic E-state index is 0.409. The van der Waals surface area contributed by atoms with Crippen LogP contribution in [0.3, 0.4) is 0 Å². The molecule has 0 bridgehead atoms. The molecule has 0 atom stereocenters. The number of hydrogen-bond donors (Lipinski definition) is 1. The van der Waals surface area contributed by atoms with Gasteiger partial charge in [0.1, 0.15) is 6.26 Å². The molecule has 0 unspecified atom stereocenters. The topological polar surface area (TPSA) is 95.8 Å². The lowest BCUT2D eigenvalue weighted by molar-refractivity contribution is 0.168. The van der Waals surface area contributed by atoms with E-state index in [1.807, 2.05) is 18.2 Å². The summed E-state index contributed by atoms with van der Waals surface area (Å²) >= 11 is 5.92. The van der Waals surface area contributed by atoms with E-state index in [-0.39, 0.29) is 0 Å². The third-order valence-corrected chi connectivity index (χ3v) is 4.98. The minimum Gasteiger partial charge on any atom is -0.364 e. The Morgan fingerprint density at radius 1 is 1.14 bits per heavy atom. The number of nitrogens with zero attached hydrogens (tertiary/aromatic N) is 6. The number of hydrogen-bond acceptors (Lipinski definition) is 7. The smallest absolute Gasteiger partial charge is 0.246 e. The van der Waals surface area contributed by atoms with Crippen molar-refractivity contribution in [1.82, 2.24) is 30.4 Å². The van der Waals surface area contributed by atoms with E-state index in [0.29, 0.717) is 23.3 Å². The largest absolute Gasteiger partial charge is 0.364 e. The third-order valence-electron chi connectivity index (χ3n) is 4.73. The molecule has 1 aliphatic heterocycles. The maximum absolute atomic E-state index is 5.92. The maximum atomic E-state index is 5.92. The van der Waals surface area contributed by atoms with Crippen LogP contribution in [0.1, 0.15) is 11.6 Å². The van der Waals surface area contributed by atoms with Crippen molar-refractivity contribution in [2.24, 2.45) is 4.99 Å². The number of rotatable bonds is 5. The zero-order chi connectivity index (χ0) is 20.1. The van der Waals surface area contributed by atoms with Crippen LogP contribution in [-0.2, 0) is 13.1 Å². The summed E-state index contributed by atoms with van der Waals surface area (Å²) in [6, 6.07) is 9.23. The first-order valence-electron chi connectivity index (χ1n) is 9.37. The molecule has 1 fully saturated rings. The van der Waals surface area contributed by atoms with E-state index in [0.717, 1.165) is 49.9 Å². The van der Waals surface area contributed by atoms with Gasteiger partial charge < -0.3 is 19.3 Å². The molecular weight excluding hydrogens is 394 g/mol. The van der Waals surface area contributed by atoms with Gasteiger partial charge >= 0.3 is 0 Å². The van der Waals surface area contributed by atoms with Crippen LogP contribution in [0.2, 0.25) is 5.02 Å². The van der Waals surface area contributed by atoms with E-state index in [1.54, 1.807) is 25.4 Å². The van der Waals surface area contributed by atoms with E-state index in [9.17, 15) is 0 Å². The number of aromatic nitrogens is 3. The average Bonchev–Trinajstić information content (AvgIpc) is 3.42. The van der Waals surface area contributed by atoms with Gasteiger partial charge in [0.25, 0.3) is 0 Å². The number of guanidine groups is 1. The first-order chi connectivity index (χ1) is 14.2. The van der Waals surface area contributed by atoms with Gasteiger partial charge in [0.05, 0.1) is 12.2 Å². The van der Waals surface area contributed by atoms with Gasteiger partial charge in [-0.15, -0.1) is 0 Å². The number of benzene rings is 1. The number of aliphatic imine (C=N–C) groups is 1. The fourth-order valence-electron chi connectivity index (χ4n) is 3.20. The van der Waals surface area contributed by atoms with Gasteiger partial charge in [0, 0.05) is 56.4 Å². The second-order valence-corrected chi connectivity index (χ2v) is 7.11. The van der Waals surface area contributed by atoms with Gasteiger partial charge in [0.2, 0.25) is 11.7 Å². The number of piperazine rings is 1. The quantitative estimate of drug-likeness (QED) is 0.500. The summed E-state index contributed by atoms with van der Waals surface area (Å²) in [6.07, 6.45) is 1.60. The van der Waals surface area contributed by atoms with Gasteiger partial charge in [0.15, 0.2) is 5.96 Å². The Hall–Kier alpha value is -2.91. The molecule has 1 N–H and O–H groups in total. The summed E-state index contributed by atoms with van der Waals surface area (Å²) in [5.41, 5.74) is 1.81. The Kier molecular flexibility index (Phi) is 6.06. The van der Waals surface area contributed by atoms with E-state index in [1.165, 1.54) is 0 Å². The van der Waals surface area contributed by atoms with Crippen molar-refractivity contribution in [3.05, 3.63) is 53.2 Å². The molecule has 4 rings (SSSR count). The first kappa shape index (κ1) is 19.4. The molecule has 1 saturated heterocycles. The average molecular weight is 416 g/mol. The number of halogens is 1. The van der Waals surface area contributed by atoms with Crippen molar-refractivity contribution >= 4 is 17.6 Å². The lowest BCUT2D eigenvalue weighted by Gasteiger charge is -2.36. The number of nitrogens with one attached hydrogen (secondary N) is 1. The molecule has 3 aromatic rings. The van der Waals surface area contributed by atoms with Crippen molar-refractivity contribution in [2.45, 2.75) is 13.1 Å². The molecule has 2 aromatic heterocycles. The summed E-state index contributed by atoms with van der Waals surface area (Å²) in [5.74, 6) is 1.85. The summed E-state index contributed by atoms with van der Waals surface area (Å²) in [7, 11) is 1.77. The van der Waals surface area contributed by atoms with Crippen molar-refractivity contribution in [3.8, 4) is 11.4 Å². The van der Waals surface area contributed by atoms with Crippen LogP contribution in [0.5, 0.6) is 0 Å². The molecule has 3 heterocycles. The Balaban J connectivity index is 1.28. The standard InChI is InChI=1S/C19H22ClN7O2/c1-21-19(27-9-7-26(8-10-27)13-16-6-11-28-24-16)22-12-17-23-18(25-29-17)14-2-4-15(20)5-3-14/h2-6,11H,7-10,12-13H2,1H3,(H,21,22). The van der Waals surface area contributed by atoms with Crippen LogP contribution in [-0.4, -0.2) is 64.3 Å². The first-order valence-corrected chi connectivity index (χ1v) is 9.75. The van der Waals surface area contributed by atoms with Gasteiger partial charge in [-0.1, -0.05) is 21.9 Å². The highest BCUT2D eigenvalue weighted by molar-refractivity contribution is 6.30. The predicted octanol–water partition coefficient (Wildman–Crippen LogP) is 2.27. The Labute approximate surface area is 173 Å². The molecule has 0 saturated carbocycles. The highest BCUT2D eigenvalue weighted by Crippen LogP contribution is 2.18. The molecule has 1 aromatic carbocycles. The molecular formula is C19H22ClN7O2. The third kappa shape index (κ3) is 4.93. The summed E-state index contributed by atoms with van der Waals surface area (Å²) in [5, 5.41) is 12.0. The Morgan fingerprint density at radius 3 is 2.62 bits per heavy atom. The van der Waals surface area contributed by atoms with Gasteiger partial charge in [-0.05, 0) is 24.3 Å². The fraction of sp³-hybridized carbons (Fsp3) is 0.368. The van der Waals surface area contributed by atoms with Crippen LogP contribution in [0, 0.1) is 0 Å². The van der Waals surface area contributed by atoms with Crippen molar-refractivity contribution in [3.63, 3.8) is 0 Å². The molecule has 10 heteroatoms.